The number of rotatable bonds is 8. The molecule has 5 nitrogen and oxygen atoms in total. The van der Waals surface area contributed by atoms with E-state index < -0.39 is 0 Å². The summed E-state index contributed by atoms with van der Waals surface area (Å²) in [6.45, 7) is 8.21. The molecule has 1 saturated heterocycles. The van der Waals surface area contributed by atoms with Gasteiger partial charge in [0.15, 0.2) is 0 Å². The molecule has 0 saturated carbocycles. The van der Waals surface area contributed by atoms with Crippen molar-refractivity contribution in [2.45, 2.75) is 38.8 Å². The number of ether oxygens (including phenoxy) is 1. The number of carbonyl (C=O) groups is 1. The van der Waals surface area contributed by atoms with Crippen LogP contribution < -0.4 is 4.90 Å². The van der Waals surface area contributed by atoms with Gasteiger partial charge in [0.2, 0.25) is 5.91 Å². The number of nitrogens with zero attached hydrogens (tertiary/aromatic N) is 3. The van der Waals surface area contributed by atoms with E-state index in [9.17, 15) is 4.79 Å². The highest BCUT2D eigenvalue weighted by molar-refractivity contribution is 5.95. The quantitative estimate of drug-likeness (QED) is 0.724. The van der Waals surface area contributed by atoms with Crippen LogP contribution in [0, 0.1) is 0 Å². The number of anilines is 1. The Kier molecular flexibility index (Phi) is 7.88. The number of para-hydroxylation sites is 1. The third-order valence-electron chi connectivity index (χ3n) is 4.60. The summed E-state index contributed by atoms with van der Waals surface area (Å²) >= 11 is 0. The largest absolute Gasteiger partial charge is 0.377 e. The van der Waals surface area contributed by atoms with Gasteiger partial charge in [-0.05, 0) is 52.9 Å². The number of amides is 1. The van der Waals surface area contributed by atoms with Gasteiger partial charge < -0.3 is 14.5 Å². The Morgan fingerprint density at radius 2 is 1.84 bits per heavy atom. The first-order chi connectivity index (χ1) is 12.0. The number of piperidine rings is 1. The number of hydrogen-bond donors (Lipinski definition) is 0. The number of benzene rings is 1. The van der Waals surface area contributed by atoms with Crippen molar-refractivity contribution in [3.8, 4) is 0 Å². The van der Waals surface area contributed by atoms with Crippen LogP contribution in [0.25, 0.3) is 0 Å². The molecule has 2 rings (SSSR count). The van der Waals surface area contributed by atoms with Crippen molar-refractivity contribution in [3.63, 3.8) is 0 Å². The minimum Gasteiger partial charge on any atom is -0.377 e. The Hall–Kier alpha value is -1.43. The predicted octanol–water partition coefficient (Wildman–Crippen LogP) is 2.47. The molecule has 0 radical (unpaired) electrons. The third-order valence-corrected chi connectivity index (χ3v) is 4.60. The molecule has 0 aliphatic carbocycles. The lowest BCUT2D eigenvalue weighted by Crippen LogP contribution is -2.47. The molecule has 1 aliphatic rings. The first-order valence-electron chi connectivity index (χ1n) is 9.33. The van der Waals surface area contributed by atoms with Gasteiger partial charge in [0.1, 0.15) is 0 Å². The molecule has 0 atom stereocenters. The number of likely N-dealkylation sites (tertiary alicyclic amines) is 1. The highest BCUT2D eigenvalue weighted by Crippen LogP contribution is 2.19. The molecule has 1 fully saturated rings. The first-order valence-corrected chi connectivity index (χ1v) is 9.33. The van der Waals surface area contributed by atoms with E-state index in [0.29, 0.717) is 12.6 Å². The highest BCUT2D eigenvalue weighted by atomic mass is 16.5. The summed E-state index contributed by atoms with van der Waals surface area (Å²) in [5, 5.41) is 0. The van der Waals surface area contributed by atoms with Crippen LogP contribution in [0.2, 0.25) is 0 Å². The molecule has 25 heavy (non-hydrogen) atoms. The summed E-state index contributed by atoms with van der Waals surface area (Å²) in [5.41, 5.74) is 0.976. The van der Waals surface area contributed by atoms with E-state index >= 15 is 0 Å². The summed E-state index contributed by atoms with van der Waals surface area (Å²) in [6, 6.07) is 10.1. The molecule has 1 aromatic carbocycles. The van der Waals surface area contributed by atoms with Crippen LogP contribution in [0.3, 0.4) is 0 Å². The summed E-state index contributed by atoms with van der Waals surface area (Å²) in [5.74, 6) is 0.174. The van der Waals surface area contributed by atoms with Crippen molar-refractivity contribution in [3.05, 3.63) is 30.3 Å². The minimum absolute atomic E-state index is 0.154. The Labute approximate surface area is 152 Å². The van der Waals surface area contributed by atoms with Gasteiger partial charge in [-0.3, -0.25) is 9.69 Å². The number of carbonyl (C=O) groups excluding carboxylic acids is 1. The fraction of sp³-hybridized carbons (Fsp3) is 0.650. The van der Waals surface area contributed by atoms with Crippen LogP contribution in [0.1, 0.15) is 26.7 Å². The van der Waals surface area contributed by atoms with Crippen molar-refractivity contribution >= 4 is 11.6 Å². The lowest BCUT2D eigenvalue weighted by atomic mass is 10.1. The van der Waals surface area contributed by atoms with Crippen molar-refractivity contribution in [2.24, 2.45) is 0 Å². The normalized spacial score (nSPS) is 16.6. The monoisotopic (exact) mass is 347 g/mol. The fourth-order valence-corrected chi connectivity index (χ4v) is 3.22. The van der Waals surface area contributed by atoms with E-state index in [4.69, 9.17) is 4.74 Å². The van der Waals surface area contributed by atoms with E-state index in [1.54, 1.807) is 0 Å². The molecule has 0 bridgehead atoms. The molecule has 0 aromatic heterocycles. The summed E-state index contributed by atoms with van der Waals surface area (Å²) < 4.78 is 5.94. The van der Waals surface area contributed by atoms with E-state index in [-0.39, 0.29) is 11.9 Å². The maximum Gasteiger partial charge on any atom is 0.241 e. The van der Waals surface area contributed by atoms with Gasteiger partial charge in [0.05, 0.1) is 19.3 Å². The third kappa shape index (κ3) is 6.42. The maximum atomic E-state index is 12.8. The zero-order chi connectivity index (χ0) is 18.2. The van der Waals surface area contributed by atoms with Gasteiger partial charge >= 0.3 is 0 Å². The summed E-state index contributed by atoms with van der Waals surface area (Å²) in [7, 11) is 4.12. The Balaban J connectivity index is 1.81. The molecule has 1 amide bonds. The topological polar surface area (TPSA) is 36.0 Å². The lowest BCUT2D eigenvalue weighted by molar-refractivity contribution is -0.120. The standard InChI is InChI=1S/C20H33N3O2/c1-17(2)23(18-8-6-5-7-9-18)20(24)16-22-12-10-19(11-13-22)25-15-14-21(3)4/h5-9,17,19H,10-16H2,1-4H3. The zero-order valence-corrected chi connectivity index (χ0v) is 16.1. The maximum absolute atomic E-state index is 12.8. The second kappa shape index (κ2) is 9.90. The van der Waals surface area contributed by atoms with Crippen LogP contribution in [0.15, 0.2) is 30.3 Å². The molecule has 1 aliphatic heterocycles. The van der Waals surface area contributed by atoms with Crippen molar-refractivity contribution in [2.75, 3.05) is 51.8 Å². The average Bonchev–Trinajstić information content (AvgIpc) is 2.57. The molecule has 1 aromatic rings. The average molecular weight is 348 g/mol. The van der Waals surface area contributed by atoms with Crippen molar-refractivity contribution < 1.29 is 9.53 Å². The smallest absolute Gasteiger partial charge is 0.241 e. The fourth-order valence-electron chi connectivity index (χ4n) is 3.22. The molecule has 0 unspecified atom stereocenters. The molecular formula is C20H33N3O2. The van der Waals surface area contributed by atoms with Gasteiger partial charge in [0, 0.05) is 31.4 Å². The van der Waals surface area contributed by atoms with Gasteiger partial charge in [-0.15, -0.1) is 0 Å². The van der Waals surface area contributed by atoms with E-state index in [0.717, 1.165) is 44.8 Å². The Morgan fingerprint density at radius 1 is 1.20 bits per heavy atom. The van der Waals surface area contributed by atoms with Crippen LogP contribution in [0.4, 0.5) is 5.69 Å². The minimum atomic E-state index is 0.154. The second-order valence-electron chi connectivity index (χ2n) is 7.34. The molecule has 5 heteroatoms. The number of likely N-dealkylation sites (N-methyl/N-ethyl adjacent to an activating group) is 1. The zero-order valence-electron chi connectivity index (χ0n) is 16.1. The summed E-state index contributed by atoms with van der Waals surface area (Å²) in [4.78, 5) is 19.1. The highest BCUT2D eigenvalue weighted by Gasteiger charge is 2.25. The van der Waals surface area contributed by atoms with Crippen LogP contribution in [0.5, 0.6) is 0 Å². The van der Waals surface area contributed by atoms with Crippen LogP contribution in [-0.4, -0.2) is 74.7 Å². The molecule has 140 valence electrons. The van der Waals surface area contributed by atoms with Gasteiger partial charge in [-0.25, -0.2) is 0 Å². The first kappa shape index (κ1) is 19.9. The van der Waals surface area contributed by atoms with E-state index in [1.165, 1.54) is 0 Å². The van der Waals surface area contributed by atoms with Gasteiger partial charge in [0.25, 0.3) is 0 Å². The van der Waals surface area contributed by atoms with E-state index in [1.807, 2.05) is 35.2 Å². The summed E-state index contributed by atoms with van der Waals surface area (Å²) in [6.07, 6.45) is 2.35. The van der Waals surface area contributed by atoms with Crippen LogP contribution in [-0.2, 0) is 9.53 Å². The SMILES string of the molecule is CC(C)N(C(=O)CN1CCC(OCCN(C)C)CC1)c1ccccc1. The van der Waals surface area contributed by atoms with E-state index in [2.05, 4.69) is 37.7 Å². The van der Waals surface area contributed by atoms with Crippen LogP contribution >= 0.6 is 0 Å². The molecule has 0 spiro atoms. The van der Waals surface area contributed by atoms with Crippen molar-refractivity contribution in [1.29, 1.82) is 0 Å². The van der Waals surface area contributed by atoms with Gasteiger partial charge in [-0.1, -0.05) is 18.2 Å². The number of hydrogen-bond acceptors (Lipinski definition) is 4. The Morgan fingerprint density at radius 3 is 2.40 bits per heavy atom. The molecule has 0 N–H and O–H groups in total. The van der Waals surface area contributed by atoms with Crippen molar-refractivity contribution in [1.82, 2.24) is 9.80 Å². The van der Waals surface area contributed by atoms with Gasteiger partial charge in [-0.2, -0.15) is 0 Å². The second-order valence-corrected chi connectivity index (χ2v) is 7.34. The Bertz CT molecular complexity index is 511. The predicted molar refractivity (Wildman–Crippen MR) is 103 cm³/mol. The molecular weight excluding hydrogens is 314 g/mol. The lowest BCUT2D eigenvalue weighted by Gasteiger charge is -2.34. The molecule has 1 heterocycles.